The van der Waals surface area contributed by atoms with Gasteiger partial charge in [-0.1, -0.05) is 0 Å². The second-order valence-electron chi connectivity index (χ2n) is 3.12. The number of thiophene rings is 1. The maximum Gasteiger partial charge on any atom is 0.101 e. The summed E-state index contributed by atoms with van der Waals surface area (Å²) in [5.41, 5.74) is 7.79. The minimum Gasteiger partial charge on any atom is -0.405 e. The lowest BCUT2D eigenvalue weighted by Gasteiger charge is -1.89. The van der Waals surface area contributed by atoms with E-state index in [1.807, 2.05) is 6.08 Å². The summed E-state index contributed by atoms with van der Waals surface area (Å²) in [5.74, 6) is 0. The molecular weight excluding hydrogens is 180 g/mol. The highest BCUT2D eigenvalue weighted by Gasteiger charge is 2.07. The zero-order valence-corrected chi connectivity index (χ0v) is 8.53. The molecule has 0 aliphatic rings. The highest BCUT2D eigenvalue weighted by atomic mass is 32.1. The molecule has 0 unspecified atom stereocenters. The summed E-state index contributed by atoms with van der Waals surface area (Å²) in [6.07, 6.45) is 3.53. The number of nitrogens with one attached hydrogen (secondary N) is 1. The molecule has 0 saturated carbocycles. The largest absolute Gasteiger partial charge is 0.405 e. The SMILES string of the molecule is Cc1cc2c(/C=C/N)c(C)[nH]c2s1. The van der Waals surface area contributed by atoms with Gasteiger partial charge in [-0.15, -0.1) is 11.3 Å². The van der Waals surface area contributed by atoms with E-state index >= 15 is 0 Å². The first kappa shape index (κ1) is 8.38. The first-order valence-electron chi connectivity index (χ1n) is 4.19. The minimum atomic E-state index is 1.18. The molecule has 0 fully saturated rings. The number of aryl methyl sites for hydroxylation is 2. The van der Waals surface area contributed by atoms with Crippen molar-refractivity contribution in [3.8, 4) is 0 Å². The summed E-state index contributed by atoms with van der Waals surface area (Å²) < 4.78 is 0. The summed E-state index contributed by atoms with van der Waals surface area (Å²) >= 11 is 1.78. The lowest BCUT2D eigenvalue weighted by atomic mass is 10.2. The van der Waals surface area contributed by atoms with E-state index in [9.17, 15) is 0 Å². The fraction of sp³-hybridized carbons (Fsp3) is 0.200. The number of nitrogens with two attached hydrogens (primary N) is 1. The van der Waals surface area contributed by atoms with Gasteiger partial charge in [0.25, 0.3) is 0 Å². The number of fused-ring (bicyclic) bond motifs is 1. The van der Waals surface area contributed by atoms with Gasteiger partial charge in [0.1, 0.15) is 4.83 Å². The van der Waals surface area contributed by atoms with E-state index in [1.54, 1.807) is 17.5 Å². The Morgan fingerprint density at radius 2 is 2.23 bits per heavy atom. The Bertz CT molecular complexity index is 462. The Morgan fingerprint density at radius 1 is 1.46 bits per heavy atom. The van der Waals surface area contributed by atoms with Crippen molar-refractivity contribution in [1.82, 2.24) is 4.98 Å². The average Bonchev–Trinajstić information content (AvgIpc) is 2.52. The third-order valence-corrected chi connectivity index (χ3v) is 3.08. The van der Waals surface area contributed by atoms with Crippen LogP contribution < -0.4 is 5.73 Å². The Hall–Kier alpha value is -1.22. The van der Waals surface area contributed by atoms with Gasteiger partial charge in [-0.3, -0.25) is 0 Å². The van der Waals surface area contributed by atoms with Gasteiger partial charge in [-0.25, -0.2) is 0 Å². The zero-order chi connectivity index (χ0) is 9.42. The summed E-state index contributed by atoms with van der Waals surface area (Å²) in [6.45, 7) is 4.18. The maximum absolute atomic E-state index is 5.40. The van der Waals surface area contributed by atoms with E-state index in [0.29, 0.717) is 0 Å². The van der Waals surface area contributed by atoms with E-state index in [2.05, 4.69) is 24.9 Å². The van der Waals surface area contributed by atoms with Crippen LogP contribution in [-0.2, 0) is 0 Å². The Morgan fingerprint density at radius 3 is 2.92 bits per heavy atom. The van der Waals surface area contributed by atoms with Crippen LogP contribution in [-0.4, -0.2) is 4.98 Å². The number of aromatic nitrogens is 1. The topological polar surface area (TPSA) is 41.8 Å². The van der Waals surface area contributed by atoms with E-state index in [4.69, 9.17) is 5.73 Å². The standard InChI is InChI=1S/C10H12N2S/c1-6-5-9-8(3-4-11)7(2)12-10(9)13-6/h3-5,12H,11H2,1-2H3/b4-3+. The lowest BCUT2D eigenvalue weighted by molar-refractivity contribution is 1.30. The predicted octanol–water partition coefficient (Wildman–Crippen LogP) is 2.78. The number of rotatable bonds is 1. The number of H-pyrrole nitrogens is 1. The van der Waals surface area contributed by atoms with E-state index < -0.39 is 0 Å². The average molecular weight is 192 g/mol. The molecule has 0 bridgehead atoms. The molecule has 0 amide bonds. The Balaban J connectivity index is 2.75. The molecule has 0 atom stereocenters. The fourth-order valence-corrected chi connectivity index (χ4v) is 2.54. The van der Waals surface area contributed by atoms with E-state index in [1.165, 1.54) is 26.4 Å². The molecule has 0 spiro atoms. The van der Waals surface area contributed by atoms with Crippen LogP contribution >= 0.6 is 11.3 Å². The van der Waals surface area contributed by atoms with Crippen molar-refractivity contribution in [3.05, 3.63) is 28.4 Å². The summed E-state index contributed by atoms with van der Waals surface area (Å²) in [5, 5.41) is 1.28. The fourth-order valence-electron chi connectivity index (χ4n) is 1.56. The van der Waals surface area contributed by atoms with Crippen LogP contribution in [0.2, 0.25) is 0 Å². The highest BCUT2D eigenvalue weighted by molar-refractivity contribution is 7.18. The molecule has 0 radical (unpaired) electrons. The molecule has 0 aromatic carbocycles. The molecule has 2 nitrogen and oxygen atoms in total. The summed E-state index contributed by atoms with van der Waals surface area (Å²) in [6, 6.07) is 2.19. The van der Waals surface area contributed by atoms with Crippen molar-refractivity contribution in [2.24, 2.45) is 5.73 Å². The molecule has 0 aliphatic heterocycles. The predicted molar refractivity (Wildman–Crippen MR) is 58.9 cm³/mol. The molecule has 2 aromatic rings. The van der Waals surface area contributed by atoms with Crippen molar-refractivity contribution in [2.75, 3.05) is 0 Å². The quantitative estimate of drug-likeness (QED) is 0.716. The molecule has 13 heavy (non-hydrogen) atoms. The Labute approximate surface area is 81.1 Å². The lowest BCUT2D eigenvalue weighted by Crippen LogP contribution is -1.79. The zero-order valence-electron chi connectivity index (χ0n) is 7.72. The first-order valence-corrected chi connectivity index (χ1v) is 5.01. The van der Waals surface area contributed by atoms with Gasteiger partial charge in [0, 0.05) is 21.5 Å². The van der Waals surface area contributed by atoms with Crippen LogP contribution in [0.3, 0.4) is 0 Å². The van der Waals surface area contributed by atoms with Gasteiger partial charge in [0.15, 0.2) is 0 Å². The molecule has 2 heterocycles. The van der Waals surface area contributed by atoms with Gasteiger partial charge in [-0.2, -0.15) is 0 Å². The normalized spacial score (nSPS) is 11.8. The number of hydrogen-bond donors (Lipinski definition) is 2. The third-order valence-electron chi connectivity index (χ3n) is 2.11. The van der Waals surface area contributed by atoms with Crippen LogP contribution in [0.15, 0.2) is 12.3 Å². The molecule has 68 valence electrons. The van der Waals surface area contributed by atoms with Crippen LogP contribution in [0.25, 0.3) is 16.3 Å². The number of hydrogen-bond acceptors (Lipinski definition) is 2. The van der Waals surface area contributed by atoms with Gasteiger partial charge >= 0.3 is 0 Å². The van der Waals surface area contributed by atoms with Crippen molar-refractivity contribution >= 4 is 27.6 Å². The number of aromatic amines is 1. The Kier molecular flexibility index (Phi) is 1.88. The van der Waals surface area contributed by atoms with Crippen molar-refractivity contribution in [2.45, 2.75) is 13.8 Å². The van der Waals surface area contributed by atoms with Gasteiger partial charge in [0.05, 0.1) is 0 Å². The first-order chi connectivity index (χ1) is 6.22. The van der Waals surface area contributed by atoms with E-state index in [-0.39, 0.29) is 0 Å². The second-order valence-corrected chi connectivity index (χ2v) is 4.38. The molecule has 3 heteroatoms. The van der Waals surface area contributed by atoms with Crippen molar-refractivity contribution < 1.29 is 0 Å². The summed E-state index contributed by atoms with van der Waals surface area (Å²) in [4.78, 5) is 5.91. The molecule has 2 aromatic heterocycles. The second kappa shape index (κ2) is 2.92. The molecular formula is C10H12N2S. The van der Waals surface area contributed by atoms with Crippen LogP contribution in [0.5, 0.6) is 0 Å². The van der Waals surface area contributed by atoms with Crippen molar-refractivity contribution in [1.29, 1.82) is 0 Å². The minimum absolute atomic E-state index is 1.18. The van der Waals surface area contributed by atoms with Crippen molar-refractivity contribution in [3.63, 3.8) is 0 Å². The van der Waals surface area contributed by atoms with Gasteiger partial charge in [0.2, 0.25) is 0 Å². The maximum atomic E-state index is 5.40. The van der Waals surface area contributed by atoms with Crippen LogP contribution in [0, 0.1) is 13.8 Å². The smallest absolute Gasteiger partial charge is 0.101 e. The van der Waals surface area contributed by atoms with Gasteiger partial charge in [-0.05, 0) is 32.2 Å². The molecule has 2 rings (SSSR count). The third kappa shape index (κ3) is 1.25. The molecule has 3 N–H and O–H groups in total. The molecule has 0 aliphatic carbocycles. The molecule has 0 saturated heterocycles. The summed E-state index contributed by atoms with van der Waals surface area (Å²) in [7, 11) is 0. The van der Waals surface area contributed by atoms with Crippen LogP contribution in [0.1, 0.15) is 16.1 Å². The van der Waals surface area contributed by atoms with E-state index in [0.717, 1.165) is 0 Å². The van der Waals surface area contributed by atoms with Gasteiger partial charge < -0.3 is 10.7 Å². The monoisotopic (exact) mass is 192 g/mol. The highest BCUT2D eigenvalue weighted by Crippen LogP contribution is 2.30. The van der Waals surface area contributed by atoms with Crippen LogP contribution in [0.4, 0.5) is 0 Å².